The highest BCUT2D eigenvalue weighted by atomic mass is 32.1. The molecule has 0 spiro atoms. The van der Waals surface area contributed by atoms with Crippen molar-refractivity contribution in [3.05, 3.63) is 46.8 Å². The van der Waals surface area contributed by atoms with Crippen molar-refractivity contribution in [1.29, 1.82) is 5.26 Å². The van der Waals surface area contributed by atoms with Crippen LogP contribution in [0.5, 0.6) is 0 Å². The molecule has 2 aliphatic rings. The molecule has 1 aliphatic carbocycles. The molecule has 3 heterocycles. The Balaban J connectivity index is 1.26. The van der Waals surface area contributed by atoms with Crippen molar-refractivity contribution in [2.45, 2.75) is 38.1 Å². The number of rotatable bonds is 7. The molecule has 9 nitrogen and oxygen atoms in total. The first-order valence-electron chi connectivity index (χ1n) is 10.2. The quantitative estimate of drug-likeness (QED) is 0.579. The molecule has 1 fully saturated rings. The van der Waals surface area contributed by atoms with Crippen LogP contribution in [0.1, 0.15) is 42.1 Å². The van der Waals surface area contributed by atoms with Gasteiger partial charge in [0.1, 0.15) is 17.0 Å². The fourth-order valence-corrected chi connectivity index (χ4v) is 4.43. The highest BCUT2D eigenvalue weighted by molar-refractivity contribution is 7.18. The van der Waals surface area contributed by atoms with E-state index >= 15 is 0 Å². The van der Waals surface area contributed by atoms with Crippen molar-refractivity contribution in [3.8, 4) is 6.07 Å². The van der Waals surface area contributed by atoms with E-state index in [1.54, 1.807) is 11.3 Å². The third-order valence-electron chi connectivity index (χ3n) is 5.39. The SMILES string of the molecule is CCN1C=C(c2ccc3sc(Cc4nnc(CC(=O)NC5(C#N)CC5)o4)nc3c2)CN1. The van der Waals surface area contributed by atoms with E-state index in [1.165, 1.54) is 5.57 Å². The van der Waals surface area contributed by atoms with E-state index < -0.39 is 5.54 Å². The summed E-state index contributed by atoms with van der Waals surface area (Å²) in [7, 11) is 0. The van der Waals surface area contributed by atoms with Crippen LogP contribution < -0.4 is 10.7 Å². The minimum atomic E-state index is -0.695. The van der Waals surface area contributed by atoms with E-state index in [9.17, 15) is 4.79 Å². The van der Waals surface area contributed by atoms with Crippen LogP contribution in [0.15, 0.2) is 28.8 Å². The smallest absolute Gasteiger partial charge is 0.230 e. The predicted octanol–water partition coefficient (Wildman–Crippen LogP) is 2.17. The van der Waals surface area contributed by atoms with Crippen LogP contribution in [0, 0.1) is 11.3 Å². The second-order valence-corrected chi connectivity index (χ2v) is 8.87. The molecular formula is C21H21N7O2S. The number of aromatic nitrogens is 3. The number of nitrogens with zero attached hydrogens (tertiary/aromatic N) is 5. The summed E-state index contributed by atoms with van der Waals surface area (Å²) >= 11 is 1.59. The van der Waals surface area contributed by atoms with Gasteiger partial charge >= 0.3 is 0 Å². The molecule has 0 atom stereocenters. The van der Waals surface area contributed by atoms with Gasteiger partial charge in [-0.15, -0.1) is 21.5 Å². The Labute approximate surface area is 182 Å². The van der Waals surface area contributed by atoms with Crippen LogP contribution in [-0.4, -0.2) is 44.7 Å². The third-order valence-corrected chi connectivity index (χ3v) is 6.43. The molecule has 3 aromatic rings. The molecule has 2 N–H and O–H groups in total. The summed E-state index contributed by atoms with van der Waals surface area (Å²) in [6.07, 6.45) is 3.89. The van der Waals surface area contributed by atoms with E-state index in [1.807, 2.05) is 0 Å². The number of nitrogens with one attached hydrogen (secondary N) is 2. The average Bonchev–Trinajstić information content (AvgIpc) is 3.13. The number of carbonyl (C=O) groups excluding carboxylic acids is 1. The maximum Gasteiger partial charge on any atom is 0.230 e. The van der Waals surface area contributed by atoms with Crippen molar-refractivity contribution < 1.29 is 9.21 Å². The van der Waals surface area contributed by atoms with E-state index in [0.717, 1.165) is 33.9 Å². The molecule has 0 unspecified atom stereocenters. The van der Waals surface area contributed by atoms with Crippen LogP contribution in [0.3, 0.4) is 0 Å². The van der Waals surface area contributed by atoms with Gasteiger partial charge in [0.2, 0.25) is 17.7 Å². The number of amides is 1. The lowest BCUT2D eigenvalue weighted by atomic mass is 10.1. The van der Waals surface area contributed by atoms with Gasteiger partial charge in [-0.25, -0.2) is 10.4 Å². The first kappa shape index (κ1) is 19.7. The topological polar surface area (TPSA) is 120 Å². The van der Waals surface area contributed by atoms with Gasteiger partial charge in [-0.3, -0.25) is 4.79 Å². The highest BCUT2D eigenvalue weighted by Crippen LogP contribution is 2.34. The first-order valence-corrected chi connectivity index (χ1v) is 11.0. The Morgan fingerprint density at radius 2 is 2.23 bits per heavy atom. The summed E-state index contributed by atoms with van der Waals surface area (Å²) in [5, 5.41) is 22.8. The molecule has 0 bridgehead atoms. The lowest BCUT2D eigenvalue weighted by Gasteiger charge is -2.10. The second-order valence-electron chi connectivity index (χ2n) is 7.75. The first-order chi connectivity index (χ1) is 15.1. The Bertz CT molecular complexity index is 1220. The van der Waals surface area contributed by atoms with E-state index in [4.69, 9.17) is 14.7 Å². The molecular weight excluding hydrogens is 414 g/mol. The Hall–Kier alpha value is -3.29. The maximum atomic E-state index is 12.1. The van der Waals surface area contributed by atoms with Crippen molar-refractivity contribution in [3.63, 3.8) is 0 Å². The number of fused-ring (bicyclic) bond motifs is 1. The number of thiazole rings is 1. The molecule has 31 heavy (non-hydrogen) atoms. The Morgan fingerprint density at radius 3 is 2.97 bits per heavy atom. The number of hydrazine groups is 1. The van der Waals surface area contributed by atoms with Crippen molar-refractivity contribution >= 4 is 33.0 Å². The largest absolute Gasteiger partial charge is 0.424 e. The number of nitriles is 1. The lowest BCUT2D eigenvalue weighted by molar-refractivity contribution is -0.121. The van der Waals surface area contributed by atoms with Crippen molar-refractivity contribution in [2.24, 2.45) is 0 Å². The fraction of sp³-hybridized carbons (Fsp3) is 0.381. The van der Waals surface area contributed by atoms with Gasteiger partial charge in [0, 0.05) is 19.3 Å². The van der Waals surface area contributed by atoms with Gasteiger partial charge in [-0.1, -0.05) is 6.07 Å². The fourth-order valence-electron chi connectivity index (χ4n) is 3.50. The van der Waals surface area contributed by atoms with Gasteiger partial charge in [-0.2, -0.15) is 5.26 Å². The van der Waals surface area contributed by atoms with Gasteiger partial charge in [0.25, 0.3) is 0 Å². The molecule has 1 aliphatic heterocycles. The van der Waals surface area contributed by atoms with Crippen molar-refractivity contribution in [1.82, 2.24) is 30.9 Å². The monoisotopic (exact) mass is 435 g/mol. The van der Waals surface area contributed by atoms with Crippen LogP contribution in [0.2, 0.25) is 0 Å². The van der Waals surface area contributed by atoms with Crippen LogP contribution in [0.4, 0.5) is 0 Å². The maximum absolute atomic E-state index is 12.1. The minimum Gasteiger partial charge on any atom is -0.424 e. The molecule has 2 aromatic heterocycles. The third kappa shape index (κ3) is 4.15. The second kappa shape index (κ2) is 7.76. The Kier molecular flexibility index (Phi) is 4.92. The molecule has 1 aromatic carbocycles. The molecule has 10 heteroatoms. The van der Waals surface area contributed by atoms with E-state index in [2.05, 4.69) is 63.3 Å². The van der Waals surface area contributed by atoms with E-state index in [0.29, 0.717) is 25.2 Å². The summed E-state index contributed by atoms with van der Waals surface area (Å²) in [5.41, 5.74) is 5.97. The van der Waals surface area contributed by atoms with Crippen LogP contribution in [-0.2, 0) is 17.6 Å². The zero-order valence-electron chi connectivity index (χ0n) is 17.0. The van der Waals surface area contributed by atoms with Crippen LogP contribution >= 0.6 is 11.3 Å². The zero-order chi connectivity index (χ0) is 21.4. The number of carbonyl (C=O) groups is 1. The zero-order valence-corrected chi connectivity index (χ0v) is 17.8. The number of hydrogen-bond acceptors (Lipinski definition) is 9. The van der Waals surface area contributed by atoms with Gasteiger partial charge < -0.3 is 14.7 Å². The molecule has 0 saturated heterocycles. The lowest BCUT2D eigenvalue weighted by Crippen LogP contribution is -2.36. The summed E-state index contributed by atoms with van der Waals surface area (Å²) in [6, 6.07) is 8.45. The predicted molar refractivity (Wildman–Crippen MR) is 115 cm³/mol. The minimum absolute atomic E-state index is 0.0302. The molecule has 0 radical (unpaired) electrons. The molecule has 1 amide bonds. The number of benzene rings is 1. The summed E-state index contributed by atoms with van der Waals surface area (Å²) in [5.74, 6) is 0.384. The van der Waals surface area contributed by atoms with Crippen molar-refractivity contribution in [2.75, 3.05) is 13.1 Å². The number of hydrogen-bond donors (Lipinski definition) is 2. The molecule has 1 saturated carbocycles. The van der Waals surface area contributed by atoms with Gasteiger partial charge in [0.05, 0.1) is 22.7 Å². The highest BCUT2D eigenvalue weighted by Gasteiger charge is 2.44. The van der Waals surface area contributed by atoms with Crippen LogP contribution in [0.25, 0.3) is 15.8 Å². The average molecular weight is 436 g/mol. The molecule has 5 rings (SSSR count). The molecule has 158 valence electrons. The van der Waals surface area contributed by atoms with Gasteiger partial charge in [-0.05, 0) is 43.0 Å². The normalized spacial score (nSPS) is 16.9. The summed E-state index contributed by atoms with van der Waals surface area (Å²) < 4.78 is 6.73. The summed E-state index contributed by atoms with van der Waals surface area (Å²) in [6.45, 7) is 3.83. The van der Waals surface area contributed by atoms with E-state index in [-0.39, 0.29) is 18.2 Å². The van der Waals surface area contributed by atoms with Gasteiger partial charge in [0.15, 0.2) is 0 Å². The summed E-state index contributed by atoms with van der Waals surface area (Å²) in [4.78, 5) is 16.8. The Morgan fingerprint density at radius 1 is 1.39 bits per heavy atom. The standard InChI is InChI=1S/C21H21N7O2S/c1-2-28-11-14(10-23-28)13-3-4-16-15(7-13)24-20(31-16)9-19-27-26-18(30-19)8-17(29)25-21(12-22)5-6-21/h3-4,7,11,23H,2,5-6,8-10H2,1H3,(H,25,29).